The molecular weight excluding hydrogens is 460 g/mol. The van der Waals surface area contributed by atoms with Crippen LogP contribution in [0.2, 0.25) is 0 Å². The van der Waals surface area contributed by atoms with Crippen LogP contribution in [0.15, 0.2) is 42.9 Å². The first-order valence-electron chi connectivity index (χ1n) is 11.0. The molecule has 0 aliphatic carbocycles. The van der Waals surface area contributed by atoms with E-state index >= 15 is 0 Å². The van der Waals surface area contributed by atoms with Crippen LogP contribution < -0.4 is 11.1 Å². The number of nitrogen functional groups attached to an aromatic ring is 1. The van der Waals surface area contributed by atoms with Gasteiger partial charge in [0.1, 0.15) is 17.2 Å². The lowest BCUT2D eigenvalue weighted by Crippen LogP contribution is -2.56. The normalized spacial score (nSPS) is 24.2. The smallest absolute Gasteiger partial charge is 0.276 e. The third-order valence-electron chi connectivity index (χ3n) is 6.32. The summed E-state index contributed by atoms with van der Waals surface area (Å²) in [5.41, 5.74) is 4.42. The molecule has 3 aromatic rings. The Labute approximate surface area is 200 Å². The zero-order valence-corrected chi connectivity index (χ0v) is 19.1. The Hall–Kier alpha value is -3.54. The first-order chi connectivity index (χ1) is 16.7. The fraction of sp³-hybridized carbons (Fsp3) is 0.333. The number of aromatic nitrogens is 3. The van der Waals surface area contributed by atoms with Gasteiger partial charge in [-0.1, -0.05) is 13.0 Å². The van der Waals surface area contributed by atoms with Crippen molar-refractivity contribution in [2.45, 2.75) is 50.6 Å². The molecule has 0 bridgehead atoms. The zero-order valence-electron chi connectivity index (χ0n) is 19.1. The Morgan fingerprint density at radius 3 is 2.66 bits per heavy atom. The van der Waals surface area contributed by atoms with Crippen LogP contribution in [0.1, 0.15) is 48.8 Å². The topological polar surface area (TPSA) is 143 Å². The molecule has 1 fully saturated rings. The molecule has 0 radical (unpaired) electrons. The van der Waals surface area contributed by atoms with Gasteiger partial charge in [-0.25, -0.2) is 18.7 Å². The largest absolute Gasteiger partial charge is 0.396 e. The second-order valence-electron chi connectivity index (χ2n) is 8.37. The van der Waals surface area contributed by atoms with E-state index in [4.69, 9.17) is 10.5 Å². The van der Waals surface area contributed by atoms with Gasteiger partial charge >= 0.3 is 0 Å². The average Bonchev–Trinajstić information content (AvgIpc) is 2.83. The Morgan fingerprint density at radius 1 is 1.29 bits per heavy atom. The number of nitrogens with one attached hydrogen (secondary N) is 1. The number of anilines is 2. The van der Waals surface area contributed by atoms with Crippen LogP contribution >= 0.6 is 0 Å². The number of pyridine rings is 1. The number of benzene rings is 1. The minimum Gasteiger partial charge on any atom is -0.396 e. The van der Waals surface area contributed by atoms with Crippen molar-refractivity contribution < 1.29 is 28.5 Å². The van der Waals surface area contributed by atoms with Crippen LogP contribution in [0, 0.1) is 11.6 Å². The van der Waals surface area contributed by atoms with E-state index in [9.17, 15) is 23.8 Å². The summed E-state index contributed by atoms with van der Waals surface area (Å²) in [6.07, 6.45) is 2.03. The molecule has 0 spiro atoms. The number of nitrogens with zero attached hydrogens (tertiary/aromatic N) is 3. The van der Waals surface area contributed by atoms with Crippen LogP contribution in [-0.4, -0.2) is 48.9 Å². The molecule has 3 heterocycles. The summed E-state index contributed by atoms with van der Waals surface area (Å²) in [5, 5.41) is 23.9. The lowest BCUT2D eigenvalue weighted by atomic mass is 9.81. The molecule has 9 nitrogen and oxygen atoms in total. The molecule has 4 atom stereocenters. The molecule has 0 saturated carbocycles. The lowest BCUT2D eigenvalue weighted by molar-refractivity contribution is -0.224. The Kier molecular flexibility index (Phi) is 6.75. The minimum atomic E-state index is -1.39. The zero-order chi connectivity index (χ0) is 25.3. The fourth-order valence-electron chi connectivity index (χ4n) is 4.20. The third kappa shape index (κ3) is 4.57. The first kappa shape index (κ1) is 24.6. The highest BCUT2D eigenvalue weighted by atomic mass is 19.1. The summed E-state index contributed by atoms with van der Waals surface area (Å²) < 4.78 is 34.4. The number of carbonyl (C=O) groups excluding carboxylic acids is 1. The molecule has 1 aromatic carbocycles. The Morgan fingerprint density at radius 2 is 2.00 bits per heavy atom. The number of aliphatic hydroxyl groups is 2. The predicted molar refractivity (Wildman–Crippen MR) is 123 cm³/mol. The van der Waals surface area contributed by atoms with Crippen molar-refractivity contribution in [3.8, 4) is 11.4 Å². The number of hydrogen-bond donors (Lipinski definition) is 4. The molecule has 1 aliphatic heterocycles. The Bertz CT molecular complexity index is 1230. The summed E-state index contributed by atoms with van der Waals surface area (Å²) >= 11 is 0. The SMILES string of the molecule is CC[C@]1(O)[C@H](O)C[C@H](c2ccncc2NC(=O)c2nc(-c3c(F)cccc3F)ncc2N)O[C@@H]1C. The van der Waals surface area contributed by atoms with Crippen LogP contribution in [0.25, 0.3) is 11.4 Å². The van der Waals surface area contributed by atoms with E-state index in [1.807, 2.05) is 0 Å². The van der Waals surface area contributed by atoms with Gasteiger partial charge < -0.3 is 26.0 Å². The number of rotatable bonds is 5. The van der Waals surface area contributed by atoms with Crippen molar-refractivity contribution in [1.82, 2.24) is 15.0 Å². The molecule has 0 unspecified atom stereocenters. The second kappa shape index (κ2) is 9.61. The quantitative estimate of drug-likeness (QED) is 0.432. The van der Waals surface area contributed by atoms with Gasteiger partial charge in [-0.3, -0.25) is 9.78 Å². The predicted octanol–water partition coefficient (Wildman–Crippen LogP) is 3.00. The number of hydrogen-bond acceptors (Lipinski definition) is 8. The monoisotopic (exact) mass is 485 g/mol. The summed E-state index contributed by atoms with van der Waals surface area (Å²) in [7, 11) is 0. The maximum absolute atomic E-state index is 14.2. The average molecular weight is 485 g/mol. The number of nitrogens with two attached hydrogens (primary N) is 1. The van der Waals surface area contributed by atoms with Crippen LogP contribution in [0.4, 0.5) is 20.2 Å². The van der Waals surface area contributed by atoms with Gasteiger partial charge in [0.2, 0.25) is 0 Å². The van der Waals surface area contributed by atoms with Crippen LogP contribution in [-0.2, 0) is 4.74 Å². The van der Waals surface area contributed by atoms with E-state index in [1.54, 1.807) is 19.9 Å². The molecular formula is C24H25F2N5O4. The van der Waals surface area contributed by atoms with Crippen LogP contribution in [0.3, 0.4) is 0 Å². The molecule has 1 saturated heterocycles. The maximum atomic E-state index is 14.2. The highest BCUT2D eigenvalue weighted by molar-refractivity contribution is 6.06. The van der Waals surface area contributed by atoms with Gasteiger partial charge in [0, 0.05) is 18.2 Å². The number of halogens is 2. The van der Waals surface area contributed by atoms with Crippen molar-refractivity contribution in [1.29, 1.82) is 0 Å². The molecule has 184 valence electrons. The summed E-state index contributed by atoms with van der Waals surface area (Å²) in [6.45, 7) is 3.43. The van der Waals surface area contributed by atoms with Gasteiger partial charge in [-0.15, -0.1) is 0 Å². The number of aliphatic hydroxyl groups excluding tert-OH is 1. The molecule has 35 heavy (non-hydrogen) atoms. The minimum absolute atomic E-state index is 0.0912. The molecule has 1 aliphatic rings. The van der Waals surface area contributed by atoms with Crippen molar-refractivity contribution in [2.75, 3.05) is 11.1 Å². The van der Waals surface area contributed by atoms with E-state index in [0.717, 1.165) is 18.3 Å². The van der Waals surface area contributed by atoms with Gasteiger partial charge in [0.05, 0.1) is 47.6 Å². The number of carbonyl (C=O) groups is 1. The maximum Gasteiger partial charge on any atom is 0.276 e. The molecule has 2 aromatic heterocycles. The second-order valence-corrected chi connectivity index (χ2v) is 8.37. The number of amides is 1. The van der Waals surface area contributed by atoms with E-state index in [-0.39, 0.29) is 29.3 Å². The number of ether oxygens (including phenoxy) is 1. The molecule has 4 rings (SSSR count). The molecule has 1 amide bonds. The standard InChI is InChI=1S/C24H25F2N5O4/c1-3-24(34)12(2)35-18(9-19(24)32)13-7-8-28-11-17(13)30-23(33)21-16(27)10-29-22(31-21)20-14(25)5-4-6-15(20)26/h4-8,10-12,18-19,32,34H,3,9,27H2,1-2H3,(H,30,33)/t12-,18-,19-,24-/m1/s1. The van der Waals surface area contributed by atoms with Crippen molar-refractivity contribution in [3.05, 3.63) is 65.7 Å². The van der Waals surface area contributed by atoms with Crippen molar-refractivity contribution >= 4 is 17.3 Å². The highest BCUT2D eigenvalue weighted by Gasteiger charge is 2.47. The molecule has 11 heteroatoms. The van der Waals surface area contributed by atoms with Gasteiger partial charge in [-0.05, 0) is 31.5 Å². The van der Waals surface area contributed by atoms with Gasteiger partial charge in [0.25, 0.3) is 5.91 Å². The van der Waals surface area contributed by atoms with E-state index < -0.39 is 47.0 Å². The van der Waals surface area contributed by atoms with E-state index in [1.165, 1.54) is 18.5 Å². The van der Waals surface area contributed by atoms with Crippen molar-refractivity contribution in [2.24, 2.45) is 0 Å². The van der Waals surface area contributed by atoms with Crippen LogP contribution in [0.5, 0.6) is 0 Å². The third-order valence-corrected chi connectivity index (χ3v) is 6.32. The lowest BCUT2D eigenvalue weighted by Gasteiger charge is -2.45. The summed E-state index contributed by atoms with van der Waals surface area (Å²) in [6, 6.07) is 4.94. The molecule has 5 N–H and O–H groups in total. The fourth-order valence-corrected chi connectivity index (χ4v) is 4.20. The van der Waals surface area contributed by atoms with Gasteiger partial charge in [-0.2, -0.15) is 0 Å². The van der Waals surface area contributed by atoms with E-state index in [0.29, 0.717) is 12.0 Å². The van der Waals surface area contributed by atoms with Crippen molar-refractivity contribution in [3.63, 3.8) is 0 Å². The summed E-state index contributed by atoms with van der Waals surface area (Å²) in [4.78, 5) is 25.0. The van der Waals surface area contributed by atoms with E-state index in [2.05, 4.69) is 20.3 Å². The highest BCUT2D eigenvalue weighted by Crippen LogP contribution is 2.40. The van der Waals surface area contributed by atoms with Gasteiger partial charge in [0.15, 0.2) is 11.5 Å². The first-order valence-corrected chi connectivity index (χ1v) is 11.0. The summed E-state index contributed by atoms with van der Waals surface area (Å²) in [5.74, 6) is -2.86. The Balaban J connectivity index is 1.63.